The molecule has 19 heavy (non-hydrogen) atoms. The van der Waals surface area contributed by atoms with Crippen LogP contribution in [0.4, 0.5) is 5.69 Å². The lowest BCUT2D eigenvalue weighted by Crippen LogP contribution is -2.44. The van der Waals surface area contributed by atoms with Gasteiger partial charge in [0.1, 0.15) is 4.90 Å². The van der Waals surface area contributed by atoms with Crippen molar-refractivity contribution in [2.24, 2.45) is 0 Å². The molecule has 1 aliphatic heterocycles. The van der Waals surface area contributed by atoms with Crippen LogP contribution >= 0.6 is 0 Å². The molecule has 1 heterocycles. The van der Waals surface area contributed by atoms with Gasteiger partial charge in [-0.1, -0.05) is 18.6 Å². The second-order valence-corrected chi connectivity index (χ2v) is 6.67. The molecule has 1 atom stereocenters. The van der Waals surface area contributed by atoms with Crippen molar-refractivity contribution in [1.82, 2.24) is 4.31 Å². The number of aliphatic hydroxyl groups is 1. The number of benzene rings is 1. The zero-order valence-corrected chi connectivity index (χ0v) is 11.6. The van der Waals surface area contributed by atoms with E-state index in [-0.39, 0.29) is 23.2 Å². The number of nitrogens with zero attached hydrogens (tertiary/aromatic N) is 1. The van der Waals surface area contributed by atoms with Gasteiger partial charge in [0.15, 0.2) is 0 Å². The van der Waals surface area contributed by atoms with Crippen molar-refractivity contribution in [2.45, 2.75) is 36.6 Å². The van der Waals surface area contributed by atoms with Crippen molar-refractivity contribution in [1.29, 1.82) is 0 Å². The molecule has 0 aliphatic carbocycles. The number of sulfonamides is 1. The van der Waals surface area contributed by atoms with E-state index in [2.05, 4.69) is 0 Å². The molecular formula is C13H20N2O3S. The van der Waals surface area contributed by atoms with Gasteiger partial charge in [-0.15, -0.1) is 0 Å². The van der Waals surface area contributed by atoms with E-state index in [1.807, 2.05) is 0 Å². The summed E-state index contributed by atoms with van der Waals surface area (Å²) in [4.78, 5) is 0.167. The first kappa shape index (κ1) is 14.3. The summed E-state index contributed by atoms with van der Waals surface area (Å²) in [7, 11) is -3.57. The maximum Gasteiger partial charge on any atom is 0.245 e. The van der Waals surface area contributed by atoms with Crippen LogP contribution in [0.15, 0.2) is 29.2 Å². The molecule has 1 aromatic rings. The van der Waals surface area contributed by atoms with Crippen molar-refractivity contribution in [3.8, 4) is 0 Å². The van der Waals surface area contributed by atoms with Crippen LogP contribution in [0, 0.1) is 0 Å². The summed E-state index contributed by atoms with van der Waals surface area (Å²) in [6, 6.07) is 6.40. The van der Waals surface area contributed by atoms with E-state index in [4.69, 9.17) is 10.8 Å². The highest BCUT2D eigenvalue weighted by molar-refractivity contribution is 7.89. The minimum atomic E-state index is -3.57. The highest BCUT2D eigenvalue weighted by Crippen LogP contribution is 2.29. The number of para-hydroxylation sites is 1. The number of piperidine rings is 1. The Morgan fingerprint density at radius 2 is 2.05 bits per heavy atom. The summed E-state index contributed by atoms with van der Waals surface area (Å²) in [6.07, 6.45) is 3.13. The fraction of sp³-hybridized carbons (Fsp3) is 0.538. The van der Waals surface area contributed by atoms with Gasteiger partial charge in [-0.25, -0.2) is 8.42 Å². The van der Waals surface area contributed by atoms with Gasteiger partial charge in [0.25, 0.3) is 0 Å². The molecule has 0 saturated carbocycles. The Balaban J connectivity index is 2.35. The molecule has 1 fully saturated rings. The van der Waals surface area contributed by atoms with Crippen LogP contribution in [0.5, 0.6) is 0 Å². The number of hydrogen-bond acceptors (Lipinski definition) is 4. The van der Waals surface area contributed by atoms with Gasteiger partial charge in [-0.05, 0) is 31.4 Å². The number of rotatable bonds is 4. The van der Waals surface area contributed by atoms with Crippen LogP contribution in [-0.2, 0) is 10.0 Å². The molecule has 1 aliphatic rings. The van der Waals surface area contributed by atoms with E-state index < -0.39 is 10.0 Å². The average molecular weight is 284 g/mol. The summed E-state index contributed by atoms with van der Waals surface area (Å²) in [5.41, 5.74) is 6.05. The number of nitrogens with two attached hydrogens (primary N) is 1. The third-order valence-corrected chi connectivity index (χ3v) is 5.57. The normalized spacial score (nSPS) is 21.4. The molecule has 1 unspecified atom stereocenters. The first-order valence-corrected chi connectivity index (χ1v) is 7.98. The number of aliphatic hydroxyl groups excluding tert-OH is 1. The summed E-state index contributed by atoms with van der Waals surface area (Å²) in [5, 5.41) is 9.08. The van der Waals surface area contributed by atoms with Crippen LogP contribution in [0.1, 0.15) is 25.7 Å². The lowest BCUT2D eigenvalue weighted by atomic mass is 10.0. The molecule has 0 bridgehead atoms. The van der Waals surface area contributed by atoms with Crippen molar-refractivity contribution in [3.63, 3.8) is 0 Å². The second kappa shape index (κ2) is 5.90. The minimum Gasteiger partial charge on any atom is -0.398 e. The highest BCUT2D eigenvalue weighted by Gasteiger charge is 2.33. The Hall–Kier alpha value is -1.11. The topological polar surface area (TPSA) is 83.6 Å². The first-order chi connectivity index (χ1) is 9.07. The minimum absolute atomic E-state index is 0.000951. The van der Waals surface area contributed by atoms with E-state index in [1.54, 1.807) is 18.2 Å². The number of nitrogen functional groups attached to an aromatic ring is 1. The fourth-order valence-corrected chi connectivity index (χ4v) is 4.41. The Kier molecular flexibility index (Phi) is 4.44. The van der Waals surface area contributed by atoms with E-state index >= 15 is 0 Å². The van der Waals surface area contributed by atoms with Crippen LogP contribution in [0.3, 0.4) is 0 Å². The molecule has 106 valence electrons. The van der Waals surface area contributed by atoms with Gasteiger partial charge in [0, 0.05) is 19.2 Å². The first-order valence-electron chi connectivity index (χ1n) is 6.54. The maximum atomic E-state index is 12.7. The molecule has 0 aromatic heterocycles. The van der Waals surface area contributed by atoms with Gasteiger partial charge < -0.3 is 10.8 Å². The average Bonchev–Trinajstić information content (AvgIpc) is 2.40. The van der Waals surface area contributed by atoms with E-state index in [1.165, 1.54) is 10.4 Å². The van der Waals surface area contributed by atoms with Crippen LogP contribution < -0.4 is 5.73 Å². The molecule has 1 aromatic carbocycles. The Bertz CT molecular complexity index is 528. The van der Waals surface area contributed by atoms with Gasteiger partial charge in [0.2, 0.25) is 10.0 Å². The van der Waals surface area contributed by atoms with Crippen LogP contribution in [0.2, 0.25) is 0 Å². The summed E-state index contributed by atoms with van der Waals surface area (Å²) < 4.78 is 26.8. The van der Waals surface area contributed by atoms with Crippen LogP contribution in [-0.4, -0.2) is 37.0 Å². The largest absolute Gasteiger partial charge is 0.398 e. The monoisotopic (exact) mass is 284 g/mol. The fourth-order valence-electron chi connectivity index (χ4n) is 2.57. The predicted molar refractivity (Wildman–Crippen MR) is 74.1 cm³/mol. The van der Waals surface area contributed by atoms with Gasteiger partial charge in [-0.3, -0.25) is 0 Å². The van der Waals surface area contributed by atoms with E-state index in [9.17, 15) is 8.42 Å². The zero-order valence-electron chi connectivity index (χ0n) is 10.8. The Labute approximate surface area is 114 Å². The summed E-state index contributed by atoms with van der Waals surface area (Å²) in [5.74, 6) is 0. The quantitative estimate of drug-likeness (QED) is 0.814. The van der Waals surface area contributed by atoms with Crippen LogP contribution in [0.25, 0.3) is 0 Å². The Morgan fingerprint density at radius 1 is 1.32 bits per heavy atom. The van der Waals surface area contributed by atoms with Gasteiger partial charge >= 0.3 is 0 Å². The number of anilines is 1. The lowest BCUT2D eigenvalue weighted by molar-refractivity contribution is 0.192. The SMILES string of the molecule is Nc1ccccc1S(=O)(=O)N1CCCCC1CCO. The Morgan fingerprint density at radius 3 is 2.74 bits per heavy atom. The van der Waals surface area contributed by atoms with Gasteiger partial charge in [-0.2, -0.15) is 4.31 Å². The van der Waals surface area contributed by atoms with E-state index in [0.29, 0.717) is 13.0 Å². The highest BCUT2D eigenvalue weighted by atomic mass is 32.2. The predicted octanol–water partition coefficient (Wildman–Crippen LogP) is 1.19. The molecule has 6 heteroatoms. The smallest absolute Gasteiger partial charge is 0.245 e. The molecule has 0 spiro atoms. The van der Waals surface area contributed by atoms with Gasteiger partial charge in [0.05, 0.1) is 5.69 Å². The van der Waals surface area contributed by atoms with Crippen molar-refractivity contribution in [3.05, 3.63) is 24.3 Å². The standard InChI is InChI=1S/C13H20N2O3S/c14-12-6-1-2-7-13(12)19(17,18)15-9-4-3-5-11(15)8-10-16/h1-2,6-7,11,16H,3-5,8-10,14H2. The van der Waals surface area contributed by atoms with E-state index in [0.717, 1.165) is 19.3 Å². The maximum absolute atomic E-state index is 12.7. The summed E-state index contributed by atoms with van der Waals surface area (Å²) >= 11 is 0. The second-order valence-electron chi connectivity index (χ2n) is 4.82. The number of hydrogen-bond donors (Lipinski definition) is 2. The molecular weight excluding hydrogens is 264 g/mol. The van der Waals surface area contributed by atoms with Crippen molar-refractivity contribution < 1.29 is 13.5 Å². The summed E-state index contributed by atoms with van der Waals surface area (Å²) in [6.45, 7) is 0.502. The third-order valence-electron chi connectivity index (χ3n) is 3.54. The van der Waals surface area contributed by atoms with Crippen molar-refractivity contribution >= 4 is 15.7 Å². The molecule has 5 nitrogen and oxygen atoms in total. The molecule has 3 N–H and O–H groups in total. The lowest BCUT2D eigenvalue weighted by Gasteiger charge is -2.34. The zero-order chi connectivity index (χ0) is 13.9. The van der Waals surface area contributed by atoms with Crippen molar-refractivity contribution in [2.75, 3.05) is 18.9 Å². The molecule has 0 radical (unpaired) electrons. The molecule has 0 amide bonds. The third kappa shape index (κ3) is 2.91. The molecule has 2 rings (SSSR count). The molecule has 1 saturated heterocycles.